The number of benzene rings is 2. The Morgan fingerprint density at radius 3 is 2.67 bits per heavy atom. The SMILES string of the molecule is Oc1ccc(CNC2(c3ccccc3F)CCCCC2)cc1CN1CCN2CCCCC2C1. The van der Waals surface area contributed by atoms with E-state index in [1.54, 1.807) is 12.1 Å². The lowest BCUT2D eigenvalue weighted by atomic mass is 9.76. The fraction of sp³-hybridized carbons (Fsp3) is 0.571. The van der Waals surface area contributed by atoms with Gasteiger partial charge in [0.2, 0.25) is 0 Å². The van der Waals surface area contributed by atoms with Crippen molar-refractivity contribution in [3.63, 3.8) is 0 Å². The highest BCUT2D eigenvalue weighted by molar-refractivity contribution is 5.36. The van der Waals surface area contributed by atoms with Crippen LogP contribution in [0.1, 0.15) is 68.1 Å². The van der Waals surface area contributed by atoms with Crippen molar-refractivity contribution in [3.8, 4) is 5.75 Å². The lowest BCUT2D eigenvalue weighted by Crippen LogP contribution is -2.54. The van der Waals surface area contributed by atoms with E-state index in [0.29, 0.717) is 18.3 Å². The van der Waals surface area contributed by atoms with Gasteiger partial charge >= 0.3 is 0 Å². The van der Waals surface area contributed by atoms with Gasteiger partial charge in [-0.25, -0.2) is 4.39 Å². The highest BCUT2D eigenvalue weighted by Crippen LogP contribution is 2.38. The van der Waals surface area contributed by atoms with Crippen molar-refractivity contribution < 1.29 is 9.50 Å². The van der Waals surface area contributed by atoms with Crippen LogP contribution in [-0.2, 0) is 18.6 Å². The molecule has 2 heterocycles. The zero-order chi connectivity index (χ0) is 22.7. The Morgan fingerprint density at radius 1 is 0.970 bits per heavy atom. The molecule has 2 aromatic rings. The fourth-order valence-electron chi connectivity index (χ4n) is 6.30. The first kappa shape index (κ1) is 22.8. The van der Waals surface area contributed by atoms with Crippen LogP contribution >= 0.6 is 0 Å². The van der Waals surface area contributed by atoms with Gasteiger partial charge in [0.15, 0.2) is 0 Å². The van der Waals surface area contributed by atoms with Crippen molar-refractivity contribution in [2.24, 2.45) is 0 Å². The summed E-state index contributed by atoms with van der Waals surface area (Å²) in [6.45, 7) is 6.01. The zero-order valence-corrected chi connectivity index (χ0v) is 19.7. The Kier molecular flexibility index (Phi) is 7.00. The topological polar surface area (TPSA) is 38.7 Å². The molecule has 0 aromatic heterocycles. The van der Waals surface area contributed by atoms with Crippen molar-refractivity contribution in [3.05, 3.63) is 65.0 Å². The average Bonchev–Trinajstić information content (AvgIpc) is 2.85. The number of hydrogen-bond donors (Lipinski definition) is 2. The first-order chi connectivity index (χ1) is 16.1. The standard InChI is InChI=1S/C28H38FN3O/c29-26-10-3-2-9-25(26)28(13-5-1-6-14-28)30-19-22-11-12-27(33)23(18-22)20-31-16-17-32-15-7-4-8-24(32)21-31/h2-3,9-12,18,24,30,33H,1,4-8,13-17,19-21H2. The fourth-order valence-corrected chi connectivity index (χ4v) is 6.30. The van der Waals surface area contributed by atoms with Gasteiger partial charge in [0, 0.05) is 55.4 Å². The summed E-state index contributed by atoms with van der Waals surface area (Å²) in [6.07, 6.45) is 9.35. The van der Waals surface area contributed by atoms with Gasteiger partial charge in [-0.3, -0.25) is 9.80 Å². The molecule has 3 fully saturated rings. The second-order valence-corrected chi connectivity index (χ2v) is 10.4. The molecule has 2 aromatic carbocycles. The van der Waals surface area contributed by atoms with Crippen LogP contribution in [0.15, 0.2) is 42.5 Å². The third-order valence-electron chi connectivity index (χ3n) is 8.19. The zero-order valence-electron chi connectivity index (χ0n) is 19.7. The molecule has 0 amide bonds. The molecule has 0 spiro atoms. The number of halogens is 1. The molecular weight excluding hydrogens is 413 g/mol. The van der Waals surface area contributed by atoms with Crippen molar-refractivity contribution in [1.82, 2.24) is 15.1 Å². The summed E-state index contributed by atoms with van der Waals surface area (Å²) < 4.78 is 14.8. The van der Waals surface area contributed by atoms with Crippen LogP contribution < -0.4 is 5.32 Å². The monoisotopic (exact) mass is 451 g/mol. The maximum atomic E-state index is 14.8. The molecule has 2 N–H and O–H groups in total. The van der Waals surface area contributed by atoms with Gasteiger partial charge in [-0.2, -0.15) is 0 Å². The molecule has 5 heteroatoms. The molecule has 1 saturated carbocycles. The van der Waals surface area contributed by atoms with E-state index in [0.717, 1.165) is 68.6 Å². The second-order valence-electron chi connectivity index (χ2n) is 10.4. The largest absolute Gasteiger partial charge is 0.508 e. The molecule has 1 unspecified atom stereocenters. The molecule has 2 aliphatic heterocycles. The quantitative estimate of drug-likeness (QED) is 0.637. The maximum absolute atomic E-state index is 14.8. The van der Waals surface area contributed by atoms with Gasteiger partial charge in [0.1, 0.15) is 11.6 Å². The molecule has 2 saturated heterocycles. The molecule has 3 aliphatic rings. The third-order valence-corrected chi connectivity index (χ3v) is 8.19. The Hall–Kier alpha value is -1.95. The number of rotatable bonds is 6. The normalized spacial score (nSPS) is 23.8. The number of nitrogens with one attached hydrogen (secondary N) is 1. The molecule has 1 aliphatic carbocycles. The minimum Gasteiger partial charge on any atom is -0.508 e. The highest BCUT2D eigenvalue weighted by Gasteiger charge is 2.35. The first-order valence-electron chi connectivity index (χ1n) is 12.9. The van der Waals surface area contributed by atoms with Crippen molar-refractivity contribution in [1.29, 1.82) is 0 Å². The summed E-state index contributed by atoms with van der Waals surface area (Å²) in [7, 11) is 0. The van der Waals surface area contributed by atoms with E-state index < -0.39 is 0 Å². The molecule has 0 bridgehead atoms. The van der Waals surface area contributed by atoms with Crippen LogP contribution in [0.4, 0.5) is 4.39 Å². The molecule has 5 rings (SSSR count). The van der Waals surface area contributed by atoms with E-state index in [-0.39, 0.29) is 11.4 Å². The third kappa shape index (κ3) is 5.11. The van der Waals surface area contributed by atoms with Crippen LogP contribution in [0.2, 0.25) is 0 Å². The van der Waals surface area contributed by atoms with Crippen LogP contribution in [0, 0.1) is 5.82 Å². The molecule has 33 heavy (non-hydrogen) atoms. The number of nitrogens with zero attached hydrogens (tertiary/aromatic N) is 2. The lowest BCUT2D eigenvalue weighted by Gasteiger charge is -2.44. The van der Waals surface area contributed by atoms with Gasteiger partial charge < -0.3 is 10.4 Å². The van der Waals surface area contributed by atoms with Crippen LogP contribution in [-0.4, -0.2) is 47.1 Å². The van der Waals surface area contributed by atoms with Gasteiger partial charge in [-0.1, -0.05) is 49.9 Å². The van der Waals surface area contributed by atoms with E-state index in [1.165, 1.54) is 32.2 Å². The molecular formula is C28H38FN3O. The minimum absolute atomic E-state index is 0.111. The van der Waals surface area contributed by atoms with E-state index in [4.69, 9.17) is 0 Å². The van der Waals surface area contributed by atoms with E-state index >= 15 is 0 Å². The summed E-state index contributed by atoms with van der Waals surface area (Å²) in [5, 5.41) is 14.3. The maximum Gasteiger partial charge on any atom is 0.128 e. The molecule has 0 radical (unpaired) electrons. The number of phenolic OH excluding ortho intramolecular Hbond substituents is 1. The Bertz CT molecular complexity index is 942. The Balaban J connectivity index is 1.28. The van der Waals surface area contributed by atoms with Crippen molar-refractivity contribution in [2.75, 3.05) is 26.2 Å². The molecule has 178 valence electrons. The number of piperidine rings is 1. The lowest BCUT2D eigenvalue weighted by molar-refractivity contribution is 0.0453. The Morgan fingerprint density at radius 2 is 1.82 bits per heavy atom. The number of fused-ring (bicyclic) bond motifs is 1. The summed E-state index contributed by atoms with van der Waals surface area (Å²) in [6, 6.07) is 13.9. The predicted octanol–water partition coefficient (Wildman–Crippen LogP) is 5.15. The number of aromatic hydroxyl groups is 1. The van der Waals surface area contributed by atoms with Gasteiger partial charge in [0.05, 0.1) is 0 Å². The van der Waals surface area contributed by atoms with Crippen LogP contribution in [0.5, 0.6) is 5.75 Å². The van der Waals surface area contributed by atoms with E-state index in [9.17, 15) is 9.50 Å². The van der Waals surface area contributed by atoms with Crippen LogP contribution in [0.3, 0.4) is 0 Å². The highest BCUT2D eigenvalue weighted by atomic mass is 19.1. The minimum atomic E-state index is -0.307. The average molecular weight is 452 g/mol. The Labute approximate surface area is 197 Å². The van der Waals surface area contributed by atoms with Gasteiger partial charge in [-0.15, -0.1) is 0 Å². The molecule has 4 nitrogen and oxygen atoms in total. The summed E-state index contributed by atoms with van der Waals surface area (Å²) >= 11 is 0. The number of hydrogen-bond acceptors (Lipinski definition) is 4. The number of phenols is 1. The summed E-state index contributed by atoms with van der Waals surface area (Å²) in [5.41, 5.74) is 2.65. The van der Waals surface area contributed by atoms with Crippen molar-refractivity contribution >= 4 is 0 Å². The summed E-state index contributed by atoms with van der Waals surface area (Å²) in [4.78, 5) is 5.15. The number of piperazine rings is 1. The predicted molar refractivity (Wildman–Crippen MR) is 131 cm³/mol. The van der Waals surface area contributed by atoms with Gasteiger partial charge in [0.25, 0.3) is 0 Å². The molecule has 1 atom stereocenters. The smallest absolute Gasteiger partial charge is 0.128 e. The van der Waals surface area contributed by atoms with Crippen LogP contribution in [0.25, 0.3) is 0 Å². The first-order valence-corrected chi connectivity index (χ1v) is 12.9. The second kappa shape index (κ2) is 10.1. The van der Waals surface area contributed by atoms with Gasteiger partial charge in [-0.05, 0) is 56.0 Å². The van der Waals surface area contributed by atoms with E-state index in [1.807, 2.05) is 24.3 Å². The summed E-state index contributed by atoms with van der Waals surface area (Å²) in [5.74, 6) is 0.270. The van der Waals surface area contributed by atoms with E-state index in [2.05, 4.69) is 21.2 Å². The van der Waals surface area contributed by atoms with Crippen molar-refractivity contribution in [2.45, 2.75) is 76.0 Å².